The van der Waals surface area contributed by atoms with Gasteiger partial charge in [-0.3, -0.25) is 0 Å². The molecule has 2 aliphatic heterocycles. The smallest absolute Gasteiger partial charge is 0.340 e. The number of carbonyl (C=O) groups excluding carboxylic acids is 1. The number of fused-ring (bicyclic) bond motifs is 3. The molecule has 0 radical (unpaired) electrons. The number of piperidine rings is 1. The number of nitrogens with zero attached hydrogens (tertiary/aromatic N) is 2. The van der Waals surface area contributed by atoms with Crippen molar-refractivity contribution in [2.24, 2.45) is 0 Å². The lowest BCUT2D eigenvalue weighted by atomic mass is 10.0. The Hall–Kier alpha value is -1.95. The highest BCUT2D eigenvalue weighted by atomic mass is 19.3. The summed E-state index contributed by atoms with van der Waals surface area (Å²) in [5.41, 5.74) is 1.63. The zero-order valence-corrected chi connectivity index (χ0v) is 15.1. The second kappa shape index (κ2) is 6.65. The van der Waals surface area contributed by atoms with E-state index in [1.54, 1.807) is 25.1 Å². The van der Waals surface area contributed by atoms with Crippen LogP contribution in [0.5, 0.6) is 0 Å². The molecule has 4 rings (SSSR count). The molecule has 6 heteroatoms. The molecule has 2 bridgehead atoms. The highest BCUT2D eigenvalue weighted by Gasteiger charge is 2.40. The number of para-hydroxylation sites is 1. The largest absolute Gasteiger partial charge is 0.459 e. The molecule has 0 saturated carbocycles. The van der Waals surface area contributed by atoms with Crippen LogP contribution < -0.4 is 0 Å². The fraction of sp³-hybridized carbons (Fsp3) is 0.550. The van der Waals surface area contributed by atoms with Crippen LogP contribution in [0.2, 0.25) is 0 Å². The Kier molecular flexibility index (Phi) is 4.47. The molecule has 1 aromatic heterocycles. The number of halogens is 2. The van der Waals surface area contributed by atoms with Crippen LogP contribution in [0.15, 0.2) is 24.3 Å². The van der Waals surface area contributed by atoms with Crippen molar-refractivity contribution in [2.45, 2.75) is 63.8 Å². The molecule has 3 heterocycles. The van der Waals surface area contributed by atoms with E-state index in [0.29, 0.717) is 34.2 Å². The standard InChI is InChI=1S/C20H24F2N2O2/c1-12-19(16-5-3-4-6-17(16)24(12)11-18(21)22)20(25)26-15-9-13-7-8-14(10-15)23(13)2/h3-6,13-15,18H,7-11H2,1-2H3/t13-,14+,15?. The molecular formula is C20H24F2N2O2. The van der Waals surface area contributed by atoms with E-state index < -0.39 is 13.0 Å². The van der Waals surface area contributed by atoms with Crippen molar-refractivity contribution in [3.8, 4) is 0 Å². The highest BCUT2D eigenvalue weighted by Crippen LogP contribution is 2.36. The summed E-state index contributed by atoms with van der Waals surface area (Å²) < 4.78 is 33.4. The summed E-state index contributed by atoms with van der Waals surface area (Å²) in [6, 6.07) is 8.16. The van der Waals surface area contributed by atoms with Gasteiger partial charge in [0.25, 0.3) is 6.43 Å². The van der Waals surface area contributed by atoms with Gasteiger partial charge in [0.2, 0.25) is 0 Å². The van der Waals surface area contributed by atoms with Gasteiger partial charge in [-0.2, -0.15) is 0 Å². The third-order valence-electron chi connectivity index (χ3n) is 6.08. The van der Waals surface area contributed by atoms with Gasteiger partial charge in [-0.1, -0.05) is 18.2 Å². The number of ether oxygens (including phenoxy) is 1. The molecule has 26 heavy (non-hydrogen) atoms. The van der Waals surface area contributed by atoms with Gasteiger partial charge < -0.3 is 14.2 Å². The Labute approximate surface area is 151 Å². The minimum atomic E-state index is -2.47. The summed E-state index contributed by atoms with van der Waals surface area (Å²) in [6.07, 6.45) is 1.45. The van der Waals surface area contributed by atoms with Crippen LogP contribution in [0, 0.1) is 6.92 Å². The predicted molar refractivity (Wildman–Crippen MR) is 95.7 cm³/mol. The lowest BCUT2D eigenvalue weighted by Gasteiger charge is -2.35. The fourth-order valence-electron chi connectivity index (χ4n) is 4.73. The molecule has 140 valence electrons. The first-order valence-corrected chi connectivity index (χ1v) is 9.24. The van der Waals surface area contributed by atoms with Crippen molar-refractivity contribution < 1.29 is 18.3 Å². The van der Waals surface area contributed by atoms with Crippen LogP contribution in [0.4, 0.5) is 8.78 Å². The second-order valence-corrected chi connectivity index (χ2v) is 7.53. The van der Waals surface area contributed by atoms with E-state index in [0.717, 1.165) is 25.7 Å². The lowest BCUT2D eigenvalue weighted by Crippen LogP contribution is -2.43. The van der Waals surface area contributed by atoms with E-state index in [9.17, 15) is 13.6 Å². The Morgan fingerprint density at radius 1 is 1.23 bits per heavy atom. The molecule has 1 aromatic carbocycles. The molecular weight excluding hydrogens is 338 g/mol. The number of carbonyl (C=O) groups is 1. The first-order valence-electron chi connectivity index (χ1n) is 9.24. The summed E-state index contributed by atoms with van der Waals surface area (Å²) in [6.45, 7) is 1.30. The van der Waals surface area contributed by atoms with E-state index in [-0.39, 0.29) is 12.1 Å². The molecule has 0 aliphatic carbocycles. The minimum absolute atomic E-state index is 0.0900. The molecule has 3 atom stereocenters. The van der Waals surface area contributed by atoms with Gasteiger partial charge in [0.05, 0.1) is 12.1 Å². The Morgan fingerprint density at radius 3 is 2.54 bits per heavy atom. The maximum atomic E-state index is 13.0. The maximum absolute atomic E-state index is 13.0. The highest BCUT2D eigenvalue weighted by molar-refractivity contribution is 6.06. The van der Waals surface area contributed by atoms with Gasteiger partial charge in [0.1, 0.15) is 6.10 Å². The maximum Gasteiger partial charge on any atom is 0.340 e. The third-order valence-corrected chi connectivity index (χ3v) is 6.08. The fourth-order valence-corrected chi connectivity index (χ4v) is 4.73. The summed E-state index contributed by atoms with van der Waals surface area (Å²) >= 11 is 0. The summed E-state index contributed by atoms with van der Waals surface area (Å²) in [4.78, 5) is 15.3. The van der Waals surface area contributed by atoms with Crippen LogP contribution in [-0.4, -0.2) is 47.1 Å². The third kappa shape index (κ3) is 2.90. The van der Waals surface area contributed by atoms with E-state index in [4.69, 9.17) is 4.74 Å². The summed E-state index contributed by atoms with van der Waals surface area (Å²) in [5, 5.41) is 0.687. The van der Waals surface area contributed by atoms with Crippen LogP contribution in [0.25, 0.3) is 10.9 Å². The van der Waals surface area contributed by atoms with E-state index in [1.807, 2.05) is 6.07 Å². The molecule has 2 fully saturated rings. The van der Waals surface area contributed by atoms with Gasteiger partial charge in [-0.15, -0.1) is 0 Å². The lowest BCUT2D eigenvalue weighted by molar-refractivity contribution is -0.000390. The monoisotopic (exact) mass is 362 g/mol. The molecule has 1 unspecified atom stereocenters. The van der Waals surface area contributed by atoms with Crippen molar-refractivity contribution in [1.82, 2.24) is 9.47 Å². The number of rotatable bonds is 4. The molecule has 2 saturated heterocycles. The average molecular weight is 362 g/mol. The Balaban J connectivity index is 1.62. The first kappa shape index (κ1) is 17.5. The van der Waals surface area contributed by atoms with Gasteiger partial charge in [0.15, 0.2) is 0 Å². The van der Waals surface area contributed by atoms with Crippen molar-refractivity contribution in [1.29, 1.82) is 0 Å². The van der Waals surface area contributed by atoms with Crippen molar-refractivity contribution in [3.63, 3.8) is 0 Å². The molecule has 2 aromatic rings. The van der Waals surface area contributed by atoms with Crippen LogP contribution >= 0.6 is 0 Å². The van der Waals surface area contributed by atoms with E-state index in [1.165, 1.54) is 4.57 Å². The Bertz CT molecular complexity index is 819. The number of alkyl halides is 2. The Morgan fingerprint density at radius 2 is 1.88 bits per heavy atom. The summed E-state index contributed by atoms with van der Waals surface area (Å²) in [5.74, 6) is -0.388. The predicted octanol–water partition coefficient (Wildman–Crippen LogP) is 4.00. The van der Waals surface area contributed by atoms with E-state index in [2.05, 4.69) is 11.9 Å². The van der Waals surface area contributed by atoms with Gasteiger partial charge in [0, 0.05) is 41.5 Å². The van der Waals surface area contributed by atoms with Crippen molar-refractivity contribution in [2.75, 3.05) is 7.05 Å². The topological polar surface area (TPSA) is 34.5 Å². The van der Waals surface area contributed by atoms with Crippen LogP contribution in [0.3, 0.4) is 0 Å². The zero-order valence-electron chi connectivity index (χ0n) is 15.1. The quantitative estimate of drug-likeness (QED) is 0.771. The first-order chi connectivity index (χ1) is 12.5. The zero-order chi connectivity index (χ0) is 18.4. The van der Waals surface area contributed by atoms with Crippen molar-refractivity contribution in [3.05, 3.63) is 35.5 Å². The second-order valence-electron chi connectivity index (χ2n) is 7.53. The van der Waals surface area contributed by atoms with Crippen LogP contribution in [-0.2, 0) is 11.3 Å². The molecule has 0 spiro atoms. The van der Waals surface area contributed by atoms with Gasteiger partial charge >= 0.3 is 5.97 Å². The summed E-state index contributed by atoms with van der Waals surface area (Å²) in [7, 11) is 2.14. The van der Waals surface area contributed by atoms with Crippen LogP contribution in [0.1, 0.15) is 41.7 Å². The van der Waals surface area contributed by atoms with E-state index >= 15 is 0 Å². The number of aromatic nitrogens is 1. The SMILES string of the molecule is Cc1c(C(=O)OC2C[C@H]3CC[C@@H](C2)N3C)c2ccccc2n1CC(F)F. The number of hydrogen-bond acceptors (Lipinski definition) is 3. The average Bonchev–Trinajstić information content (AvgIpc) is 2.97. The van der Waals surface area contributed by atoms with Gasteiger partial charge in [-0.05, 0) is 32.9 Å². The number of esters is 1. The normalized spacial score (nSPS) is 26.0. The molecule has 4 nitrogen and oxygen atoms in total. The molecule has 0 N–H and O–H groups in total. The number of benzene rings is 1. The molecule has 2 aliphatic rings. The van der Waals surface area contributed by atoms with Crippen molar-refractivity contribution >= 4 is 16.9 Å². The number of hydrogen-bond donors (Lipinski definition) is 0. The molecule has 0 amide bonds. The van der Waals surface area contributed by atoms with Gasteiger partial charge in [-0.25, -0.2) is 13.6 Å². The minimum Gasteiger partial charge on any atom is -0.459 e.